The average molecular weight is 212 g/mol. The first kappa shape index (κ1) is 9.61. The summed E-state index contributed by atoms with van der Waals surface area (Å²) in [7, 11) is 2.05. The number of rotatable bonds is 1. The Hall–Kier alpha value is -0.940. The largest absolute Gasteiger partial charge is 0.476 e. The molecule has 1 unspecified atom stereocenters. The van der Waals surface area contributed by atoms with Crippen LogP contribution in [-0.4, -0.2) is 34.6 Å². The number of aromatic nitrogens is 1. The van der Waals surface area contributed by atoms with Crippen molar-refractivity contribution in [3.63, 3.8) is 0 Å². The Balaban J connectivity index is 2.41. The average Bonchev–Trinajstić information content (AvgIpc) is 2.56. The van der Waals surface area contributed by atoms with Gasteiger partial charge in [-0.15, -0.1) is 11.3 Å². The summed E-state index contributed by atoms with van der Waals surface area (Å²) in [6.45, 7) is 3.04. The molecule has 0 aromatic carbocycles. The van der Waals surface area contributed by atoms with E-state index in [1.807, 2.05) is 7.05 Å². The second-order valence-corrected chi connectivity index (χ2v) is 4.57. The fourth-order valence-corrected chi connectivity index (χ4v) is 2.70. The second kappa shape index (κ2) is 3.33. The number of carboxylic acids is 1. The highest BCUT2D eigenvalue weighted by molar-refractivity contribution is 7.13. The Morgan fingerprint density at radius 1 is 1.71 bits per heavy atom. The first-order chi connectivity index (χ1) is 6.59. The van der Waals surface area contributed by atoms with Crippen molar-refractivity contribution in [1.29, 1.82) is 0 Å². The van der Waals surface area contributed by atoms with Crippen LogP contribution in [-0.2, 0) is 6.42 Å². The van der Waals surface area contributed by atoms with Crippen LogP contribution >= 0.6 is 11.3 Å². The van der Waals surface area contributed by atoms with E-state index < -0.39 is 5.97 Å². The van der Waals surface area contributed by atoms with Gasteiger partial charge in [-0.25, -0.2) is 9.78 Å². The first-order valence-electron chi connectivity index (χ1n) is 4.52. The van der Waals surface area contributed by atoms with Gasteiger partial charge in [0.25, 0.3) is 0 Å². The van der Waals surface area contributed by atoms with Gasteiger partial charge < -0.3 is 5.11 Å². The van der Waals surface area contributed by atoms with Crippen molar-refractivity contribution >= 4 is 17.3 Å². The van der Waals surface area contributed by atoms with Crippen molar-refractivity contribution in [2.24, 2.45) is 0 Å². The predicted molar refractivity (Wildman–Crippen MR) is 53.8 cm³/mol. The zero-order valence-electron chi connectivity index (χ0n) is 8.15. The van der Waals surface area contributed by atoms with Gasteiger partial charge in [0.1, 0.15) is 0 Å². The summed E-state index contributed by atoms with van der Waals surface area (Å²) in [5.41, 5.74) is 0.970. The van der Waals surface area contributed by atoms with E-state index in [9.17, 15) is 4.79 Å². The first-order valence-corrected chi connectivity index (χ1v) is 5.34. The van der Waals surface area contributed by atoms with E-state index in [1.54, 1.807) is 0 Å². The van der Waals surface area contributed by atoms with Crippen molar-refractivity contribution in [1.82, 2.24) is 9.88 Å². The molecule has 14 heavy (non-hydrogen) atoms. The smallest absolute Gasteiger partial charge is 0.365 e. The van der Waals surface area contributed by atoms with Gasteiger partial charge in [0, 0.05) is 23.9 Å². The van der Waals surface area contributed by atoms with Gasteiger partial charge in [0.15, 0.2) is 0 Å². The van der Waals surface area contributed by atoms with Crippen LogP contribution in [0.15, 0.2) is 0 Å². The van der Waals surface area contributed by atoms with Crippen molar-refractivity contribution in [3.8, 4) is 0 Å². The lowest BCUT2D eigenvalue weighted by Gasteiger charge is -2.28. The van der Waals surface area contributed by atoms with E-state index in [1.165, 1.54) is 11.3 Å². The third-order valence-corrected chi connectivity index (χ3v) is 3.91. The Kier molecular flexibility index (Phi) is 2.28. The van der Waals surface area contributed by atoms with Crippen molar-refractivity contribution in [2.75, 3.05) is 13.6 Å². The number of hydrogen-bond donors (Lipinski definition) is 1. The van der Waals surface area contributed by atoms with Gasteiger partial charge in [-0.2, -0.15) is 0 Å². The molecular weight excluding hydrogens is 200 g/mol. The Morgan fingerprint density at radius 3 is 3.07 bits per heavy atom. The molecule has 0 saturated heterocycles. The maximum Gasteiger partial charge on any atom is 0.365 e. The lowest BCUT2D eigenvalue weighted by Crippen LogP contribution is -2.29. The van der Waals surface area contributed by atoms with E-state index in [0.29, 0.717) is 6.04 Å². The fourth-order valence-electron chi connectivity index (χ4n) is 1.64. The summed E-state index contributed by atoms with van der Waals surface area (Å²) in [6, 6.07) is 0.296. The van der Waals surface area contributed by atoms with Crippen molar-refractivity contribution in [2.45, 2.75) is 19.4 Å². The molecule has 1 aromatic rings. The molecule has 1 aliphatic rings. The highest BCUT2D eigenvalue weighted by Gasteiger charge is 2.26. The van der Waals surface area contributed by atoms with Gasteiger partial charge in [-0.05, 0) is 14.0 Å². The molecule has 1 aromatic heterocycles. The molecule has 0 aliphatic carbocycles. The number of hydrogen-bond acceptors (Lipinski definition) is 4. The third-order valence-electron chi connectivity index (χ3n) is 2.65. The molecule has 0 bridgehead atoms. The van der Waals surface area contributed by atoms with Gasteiger partial charge >= 0.3 is 5.97 Å². The summed E-state index contributed by atoms with van der Waals surface area (Å²) in [5, 5.41) is 9.04. The molecule has 0 amide bonds. The van der Waals surface area contributed by atoms with Crippen LogP contribution in [0.4, 0.5) is 0 Å². The molecule has 0 saturated carbocycles. The van der Waals surface area contributed by atoms with Crippen LogP contribution in [0.5, 0.6) is 0 Å². The van der Waals surface area contributed by atoms with Gasteiger partial charge in [0.2, 0.25) is 5.01 Å². The number of thiazole rings is 1. The van der Waals surface area contributed by atoms with Crippen molar-refractivity contribution in [3.05, 3.63) is 15.6 Å². The summed E-state index contributed by atoms with van der Waals surface area (Å²) in [4.78, 5) is 18.2. The Bertz CT molecular complexity index is 375. The molecule has 1 atom stereocenters. The van der Waals surface area contributed by atoms with Crippen LogP contribution in [0.25, 0.3) is 0 Å². The molecule has 76 valence electrons. The minimum atomic E-state index is -0.917. The number of carboxylic acid groups (broad SMARTS) is 1. The lowest BCUT2D eigenvalue weighted by atomic mass is 10.1. The molecule has 1 N–H and O–H groups in total. The molecule has 0 radical (unpaired) electrons. The second-order valence-electron chi connectivity index (χ2n) is 3.54. The number of likely N-dealkylation sites (N-methyl/N-ethyl adjacent to an activating group) is 1. The zero-order valence-corrected chi connectivity index (χ0v) is 8.97. The Labute approximate surface area is 86.2 Å². The van der Waals surface area contributed by atoms with E-state index >= 15 is 0 Å². The Morgan fingerprint density at radius 2 is 2.43 bits per heavy atom. The van der Waals surface area contributed by atoms with Crippen LogP contribution in [0.1, 0.15) is 33.3 Å². The highest BCUT2D eigenvalue weighted by Crippen LogP contribution is 2.32. The van der Waals surface area contributed by atoms with Crippen LogP contribution < -0.4 is 0 Å². The molecule has 2 rings (SSSR count). The molecule has 0 fully saturated rings. The van der Waals surface area contributed by atoms with E-state index in [2.05, 4.69) is 16.8 Å². The standard InChI is InChI=1S/C9H12N2O2S/c1-5-7-6(3-4-11(5)2)10-8(14-7)9(12)13/h5H,3-4H2,1-2H3,(H,12,13). The molecule has 5 heteroatoms. The minimum absolute atomic E-state index is 0.220. The van der Waals surface area contributed by atoms with E-state index in [-0.39, 0.29) is 5.01 Å². The number of carbonyl (C=O) groups is 1. The third kappa shape index (κ3) is 1.42. The monoisotopic (exact) mass is 212 g/mol. The maximum absolute atomic E-state index is 10.7. The normalized spacial score (nSPS) is 22.0. The van der Waals surface area contributed by atoms with E-state index in [0.717, 1.165) is 23.5 Å². The molecular formula is C9H12N2O2S. The topological polar surface area (TPSA) is 53.4 Å². The number of fused-ring (bicyclic) bond motifs is 1. The van der Waals surface area contributed by atoms with Gasteiger partial charge in [-0.1, -0.05) is 0 Å². The van der Waals surface area contributed by atoms with Gasteiger partial charge in [0.05, 0.1) is 5.69 Å². The highest BCUT2D eigenvalue weighted by atomic mass is 32.1. The molecule has 1 aliphatic heterocycles. The van der Waals surface area contributed by atoms with Crippen LogP contribution in [0.3, 0.4) is 0 Å². The summed E-state index contributed by atoms with van der Waals surface area (Å²) in [5.74, 6) is -0.917. The van der Waals surface area contributed by atoms with Crippen LogP contribution in [0, 0.1) is 0 Å². The molecule has 4 nitrogen and oxygen atoms in total. The predicted octanol–water partition coefficient (Wildman–Crippen LogP) is 1.39. The maximum atomic E-state index is 10.7. The summed E-state index contributed by atoms with van der Waals surface area (Å²) < 4.78 is 0. The SMILES string of the molecule is CC1c2sc(C(=O)O)nc2CCN1C. The summed E-state index contributed by atoms with van der Waals surface area (Å²) >= 11 is 1.30. The van der Waals surface area contributed by atoms with Crippen molar-refractivity contribution < 1.29 is 9.90 Å². The molecule has 0 spiro atoms. The quantitative estimate of drug-likeness (QED) is 0.764. The van der Waals surface area contributed by atoms with Gasteiger partial charge in [-0.3, -0.25) is 4.90 Å². The summed E-state index contributed by atoms with van der Waals surface area (Å²) in [6.07, 6.45) is 0.861. The zero-order chi connectivity index (χ0) is 10.3. The van der Waals surface area contributed by atoms with E-state index in [4.69, 9.17) is 5.11 Å². The number of nitrogens with zero attached hydrogens (tertiary/aromatic N) is 2. The molecule has 2 heterocycles. The number of aromatic carboxylic acids is 1. The van der Waals surface area contributed by atoms with Crippen LogP contribution in [0.2, 0.25) is 0 Å². The fraction of sp³-hybridized carbons (Fsp3) is 0.556. The minimum Gasteiger partial charge on any atom is -0.476 e. The lowest BCUT2D eigenvalue weighted by molar-refractivity contribution is 0.0696.